The van der Waals surface area contributed by atoms with Crippen molar-refractivity contribution in [2.45, 2.75) is 98.5 Å². The maximum absolute atomic E-state index is 12.2. The maximum Gasteiger partial charge on any atom is 0.298 e. The summed E-state index contributed by atoms with van der Waals surface area (Å²) in [5.74, 6) is 2.32. The minimum Gasteiger partial charge on any atom is -0.493 e. The van der Waals surface area contributed by atoms with Crippen LogP contribution in [0, 0.1) is 5.92 Å². The first-order chi connectivity index (χ1) is 15.3. The summed E-state index contributed by atoms with van der Waals surface area (Å²) in [5.41, 5.74) is 2.73. The standard InChI is InChI=1S/C27H40O5/c1-6-7-8-9-10-21(5)32-23-16-25(30-14-13-19(2)3)27(26(17-23)31-18-28)24-15-22(29)12-11-20(24)4/h16-19,21H,6-15H2,1-5H3. The molecule has 0 N–H and O–H groups in total. The first-order valence-corrected chi connectivity index (χ1v) is 12.1. The molecule has 178 valence electrons. The molecule has 0 heterocycles. The molecule has 0 fully saturated rings. The molecule has 0 aliphatic heterocycles. The molecule has 2 rings (SSSR count). The van der Waals surface area contributed by atoms with Gasteiger partial charge in [-0.15, -0.1) is 0 Å². The highest BCUT2D eigenvalue weighted by Gasteiger charge is 2.25. The fourth-order valence-electron chi connectivity index (χ4n) is 3.96. The van der Waals surface area contributed by atoms with E-state index in [1.54, 1.807) is 6.07 Å². The van der Waals surface area contributed by atoms with Gasteiger partial charge in [0.2, 0.25) is 0 Å². The fourth-order valence-corrected chi connectivity index (χ4v) is 3.96. The molecular weight excluding hydrogens is 404 g/mol. The van der Waals surface area contributed by atoms with E-state index in [1.165, 1.54) is 19.3 Å². The van der Waals surface area contributed by atoms with Gasteiger partial charge in [-0.1, -0.05) is 45.6 Å². The van der Waals surface area contributed by atoms with E-state index in [0.717, 1.165) is 30.4 Å². The van der Waals surface area contributed by atoms with Crippen LogP contribution in [0.25, 0.3) is 5.57 Å². The summed E-state index contributed by atoms with van der Waals surface area (Å²) < 4.78 is 17.8. The number of hydrogen-bond donors (Lipinski definition) is 0. The van der Waals surface area contributed by atoms with E-state index in [0.29, 0.717) is 61.1 Å². The number of unbranched alkanes of at least 4 members (excludes halogenated alkanes) is 3. The topological polar surface area (TPSA) is 61.8 Å². The summed E-state index contributed by atoms with van der Waals surface area (Å²) in [6.07, 6.45) is 8.28. The second kappa shape index (κ2) is 13.3. The highest BCUT2D eigenvalue weighted by molar-refractivity contribution is 5.96. The number of benzene rings is 1. The quantitative estimate of drug-likeness (QED) is 0.230. The molecule has 1 unspecified atom stereocenters. The average molecular weight is 445 g/mol. The van der Waals surface area contributed by atoms with Crippen LogP contribution in [0.1, 0.15) is 98.0 Å². The molecule has 32 heavy (non-hydrogen) atoms. The third kappa shape index (κ3) is 7.99. The summed E-state index contributed by atoms with van der Waals surface area (Å²) in [6, 6.07) is 3.64. The zero-order chi connectivity index (χ0) is 23.5. The molecule has 0 bridgehead atoms. The van der Waals surface area contributed by atoms with Crippen LogP contribution >= 0.6 is 0 Å². The Hall–Kier alpha value is -2.30. The molecule has 1 aliphatic rings. The molecule has 1 aliphatic carbocycles. The minimum atomic E-state index is 0.0440. The molecule has 5 nitrogen and oxygen atoms in total. The van der Waals surface area contributed by atoms with E-state index >= 15 is 0 Å². The molecule has 0 saturated heterocycles. The number of ketones is 1. The Balaban J connectivity index is 2.37. The predicted molar refractivity (Wildman–Crippen MR) is 128 cm³/mol. The van der Waals surface area contributed by atoms with Crippen molar-refractivity contribution in [3.05, 3.63) is 23.3 Å². The van der Waals surface area contributed by atoms with Crippen molar-refractivity contribution >= 4 is 17.8 Å². The van der Waals surface area contributed by atoms with Gasteiger partial charge in [-0.3, -0.25) is 9.59 Å². The van der Waals surface area contributed by atoms with Gasteiger partial charge in [0, 0.05) is 25.0 Å². The minimum absolute atomic E-state index is 0.0440. The van der Waals surface area contributed by atoms with Crippen molar-refractivity contribution in [2.24, 2.45) is 5.92 Å². The van der Waals surface area contributed by atoms with Crippen molar-refractivity contribution in [1.82, 2.24) is 0 Å². The summed E-state index contributed by atoms with van der Waals surface area (Å²) >= 11 is 0. The largest absolute Gasteiger partial charge is 0.493 e. The van der Waals surface area contributed by atoms with E-state index < -0.39 is 0 Å². The number of carbonyl (C=O) groups is 2. The molecule has 0 spiro atoms. The Morgan fingerprint density at radius 3 is 2.47 bits per heavy atom. The van der Waals surface area contributed by atoms with Crippen molar-refractivity contribution in [2.75, 3.05) is 6.61 Å². The summed E-state index contributed by atoms with van der Waals surface area (Å²) in [6.45, 7) is 11.6. The van der Waals surface area contributed by atoms with Crippen molar-refractivity contribution in [3.8, 4) is 17.2 Å². The summed E-state index contributed by atoms with van der Waals surface area (Å²) in [4.78, 5) is 23.5. The van der Waals surface area contributed by atoms with Crippen LogP contribution < -0.4 is 14.2 Å². The zero-order valence-corrected chi connectivity index (χ0v) is 20.5. The van der Waals surface area contributed by atoms with E-state index in [4.69, 9.17) is 14.2 Å². The van der Waals surface area contributed by atoms with E-state index in [1.807, 2.05) is 13.0 Å². The molecular formula is C27H40O5. The van der Waals surface area contributed by atoms with Gasteiger partial charge in [0.1, 0.15) is 23.0 Å². The number of hydrogen-bond acceptors (Lipinski definition) is 5. The second-order valence-corrected chi connectivity index (χ2v) is 9.29. The Morgan fingerprint density at radius 2 is 1.78 bits per heavy atom. The molecule has 1 aromatic carbocycles. The van der Waals surface area contributed by atoms with Crippen LogP contribution in [0.4, 0.5) is 0 Å². The van der Waals surface area contributed by atoms with Gasteiger partial charge in [0.15, 0.2) is 0 Å². The lowest BCUT2D eigenvalue weighted by Gasteiger charge is -2.24. The van der Waals surface area contributed by atoms with Gasteiger partial charge < -0.3 is 14.2 Å². The lowest BCUT2D eigenvalue weighted by Crippen LogP contribution is -2.14. The third-order valence-electron chi connectivity index (χ3n) is 5.94. The van der Waals surface area contributed by atoms with Crippen molar-refractivity contribution in [3.63, 3.8) is 0 Å². The number of carbonyl (C=O) groups excluding carboxylic acids is 2. The van der Waals surface area contributed by atoms with Gasteiger partial charge in [-0.25, -0.2) is 0 Å². The van der Waals surface area contributed by atoms with Crippen LogP contribution in [-0.4, -0.2) is 25.0 Å². The van der Waals surface area contributed by atoms with E-state index in [9.17, 15) is 9.59 Å². The number of ether oxygens (including phenoxy) is 3. The number of allylic oxidation sites excluding steroid dienone is 2. The number of rotatable bonds is 14. The normalized spacial score (nSPS) is 15.1. The zero-order valence-electron chi connectivity index (χ0n) is 20.5. The van der Waals surface area contributed by atoms with Gasteiger partial charge in [-0.05, 0) is 51.0 Å². The van der Waals surface area contributed by atoms with E-state index in [2.05, 4.69) is 27.7 Å². The lowest BCUT2D eigenvalue weighted by atomic mass is 9.86. The molecule has 5 heteroatoms. The first kappa shape index (κ1) is 26.0. The van der Waals surface area contributed by atoms with Crippen LogP contribution in [0.5, 0.6) is 17.2 Å². The lowest BCUT2D eigenvalue weighted by molar-refractivity contribution is -0.120. The van der Waals surface area contributed by atoms with Crippen LogP contribution in [0.15, 0.2) is 17.7 Å². The van der Waals surface area contributed by atoms with Crippen molar-refractivity contribution in [1.29, 1.82) is 0 Å². The Kier molecular flexibility index (Phi) is 10.8. The van der Waals surface area contributed by atoms with Crippen LogP contribution in [0.2, 0.25) is 0 Å². The predicted octanol–water partition coefficient (Wildman–Crippen LogP) is 6.91. The first-order valence-electron chi connectivity index (χ1n) is 12.1. The molecule has 0 amide bonds. The highest BCUT2D eigenvalue weighted by atomic mass is 16.5. The van der Waals surface area contributed by atoms with Gasteiger partial charge in [-0.2, -0.15) is 0 Å². The van der Waals surface area contributed by atoms with Gasteiger partial charge in [0.05, 0.1) is 18.3 Å². The Bertz CT molecular complexity index is 793. The smallest absolute Gasteiger partial charge is 0.298 e. The van der Waals surface area contributed by atoms with Gasteiger partial charge in [0.25, 0.3) is 6.47 Å². The SMILES string of the molecule is CCCCCCC(C)Oc1cc(OC=O)c(C2=C(C)CCC(=O)C2)c(OCCC(C)C)c1. The fraction of sp³-hybridized carbons (Fsp3) is 0.630. The molecule has 1 aromatic rings. The van der Waals surface area contributed by atoms with Crippen LogP contribution in [-0.2, 0) is 9.59 Å². The monoisotopic (exact) mass is 444 g/mol. The number of Topliss-reactive ketones (excluding diaryl/α,β-unsaturated/α-hetero) is 1. The van der Waals surface area contributed by atoms with Gasteiger partial charge >= 0.3 is 0 Å². The maximum atomic E-state index is 12.2. The third-order valence-corrected chi connectivity index (χ3v) is 5.94. The molecule has 0 aromatic heterocycles. The molecule has 0 saturated carbocycles. The summed E-state index contributed by atoms with van der Waals surface area (Å²) in [5, 5.41) is 0. The molecule has 0 radical (unpaired) electrons. The summed E-state index contributed by atoms with van der Waals surface area (Å²) in [7, 11) is 0. The second-order valence-electron chi connectivity index (χ2n) is 9.29. The van der Waals surface area contributed by atoms with Crippen LogP contribution in [0.3, 0.4) is 0 Å². The van der Waals surface area contributed by atoms with E-state index in [-0.39, 0.29) is 11.9 Å². The Morgan fingerprint density at radius 1 is 1.03 bits per heavy atom. The highest BCUT2D eigenvalue weighted by Crippen LogP contribution is 2.44. The Labute approximate surface area is 193 Å². The molecule has 1 atom stereocenters. The average Bonchev–Trinajstić information content (AvgIpc) is 2.73. The van der Waals surface area contributed by atoms with Crippen molar-refractivity contribution < 1.29 is 23.8 Å².